The maximum atomic E-state index is 12.1. The number of hydrogen-bond acceptors (Lipinski definition) is 3. The summed E-state index contributed by atoms with van der Waals surface area (Å²) in [6, 6.07) is 8.68. The molecule has 1 saturated heterocycles. The van der Waals surface area contributed by atoms with Crippen LogP contribution in [0.3, 0.4) is 0 Å². The minimum absolute atomic E-state index is 0. The van der Waals surface area contributed by atoms with Gasteiger partial charge >= 0.3 is 0 Å². The van der Waals surface area contributed by atoms with E-state index in [2.05, 4.69) is 38.8 Å². The highest BCUT2D eigenvalue weighted by atomic mass is 127. The van der Waals surface area contributed by atoms with Crippen LogP contribution in [-0.2, 0) is 11.3 Å². The van der Waals surface area contributed by atoms with Crippen molar-refractivity contribution >= 4 is 41.5 Å². The number of aliphatic imine (C=N–C) groups is 1. The van der Waals surface area contributed by atoms with Gasteiger partial charge in [-0.2, -0.15) is 0 Å². The Labute approximate surface area is 199 Å². The van der Waals surface area contributed by atoms with Gasteiger partial charge in [-0.1, -0.05) is 32.4 Å². The minimum atomic E-state index is 0. The van der Waals surface area contributed by atoms with Crippen LogP contribution >= 0.6 is 24.0 Å². The first kappa shape index (κ1) is 26.7. The van der Waals surface area contributed by atoms with Gasteiger partial charge in [-0.05, 0) is 56.8 Å². The van der Waals surface area contributed by atoms with Gasteiger partial charge in [-0.3, -0.25) is 9.79 Å². The molecule has 170 valence electrons. The molecule has 1 aliphatic heterocycles. The lowest BCUT2D eigenvalue weighted by molar-refractivity contribution is -0.119. The molecule has 0 radical (unpaired) electrons. The summed E-state index contributed by atoms with van der Waals surface area (Å²) in [6.07, 6.45) is 5.98. The first-order chi connectivity index (χ1) is 14.0. The van der Waals surface area contributed by atoms with E-state index in [1.165, 1.54) is 25.8 Å². The molecule has 1 aromatic carbocycles. The van der Waals surface area contributed by atoms with E-state index in [-0.39, 0.29) is 35.8 Å². The zero-order chi connectivity index (χ0) is 21.1. The summed E-state index contributed by atoms with van der Waals surface area (Å²) in [5, 5.41) is 9.76. The first-order valence-corrected chi connectivity index (χ1v) is 11.1. The Morgan fingerprint density at radius 3 is 2.80 bits per heavy atom. The van der Waals surface area contributed by atoms with Crippen LogP contribution in [0.5, 0.6) is 0 Å². The van der Waals surface area contributed by atoms with E-state index in [4.69, 9.17) is 0 Å². The van der Waals surface area contributed by atoms with Gasteiger partial charge in [0.2, 0.25) is 5.91 Å². The van der Waals surface area contributed by atoms with Gasteiger partial charge in [0.1, 0.15) is 0 Å². The molecule has 2 atom stereocenters. The molecule has 1 heterocycles. The average Bonchev–Trinajstić information content (AvgIpc) is 2.74. The van der Waals surface area contributed by atoms with Crippen molar-refractivity contribution < 1.29 is 4.79 Å². The maximum absolute atomic E-state index is 12.1. The molecule has 0 aromatic heterocycles. The Morgan fingerprint density at radius 2 is 2.10 bits per heavy atom. The van der Waals surface area contributed by atoms with Gasteiger partial charge in [0.05, 0.1) is 0 Å². The maximum Gasteiger partial charge on any atom is 0.227 e. The van der Waals surface area contributed by atoms with Crippen LogP contribution in [0, 0.1) is 5.92 Å². The third kappa shape index (κ3) is 9.20. The number of anilines is 1. The quantitative estimate of drug-likeness (QED) is 0.194. The standard InChI is InChI=1S/C23H39N5O.HI/c1-5-18(2)22(29)27-21-12-8-11-20(16-21)17-26-23(24-4)25-13-9-15-28-14-7-6-10-19(28)3;/h8,11-12,16,18-19H,5-7,9-10,13-15,17H2,1-4H3,(H,27,29)(H2,24,25,26);1H. The number of nitrogens with one attached hydrogen (secondary N) is 3. The summed E-state index contributed by atoms with van der Waals surface area (Å²) in [4.78, 5) is 19.0. The van der Waals surface area contributed by atoms with Gasteiger partial charge in [0.25, 0.3) is 0 Å². The number of likely N-dealkylation sites (tertiary alicyclic amines) is 1. The van der Waals surface area contributed by atoms with Gasteiger partial charge in [0.15, 0.2) is 5.96 Å². The number of guanidine groups is 1. The Morgan fingerprint density at radius 1 is 1.30 bits per heavy atom. The Hall–Kier alpha value is -1.35. The number of nitrogens with zero attached hydrogens (tertiary/aromatic N) is 2. The molecule has 1 amide bonds. The van der Waals surface area contributed by atoms with Crippen LogP contribution in [0.1, 0.15) is 58.4 Å². The average molecular weight is 530 g/mol. The second kappa shape index (κ2) is 14.6. The van der Waals surface area contributed by atoms with Crippen molar-refractivity contribution in [3.63, 3.8) is 0 Å². The van der Waals surface area contributed by atoms with Crippen molar-refractivity contribution in [1.29, 1.82) is 0 Å². The lowest BCUT2D eigenvalue weighted by Gasteiger charge is -2.33. The second-order valence-corrected chi connectivity index (χ2v) is 8.09. The molecule has 0 spiro atoms. The number of rotatable bonds is 9. The van der Waals surface area contributed by atoms with E-state index >= 15 is 0 Å². The van der Waals surface area contributed by atoms with Crippen LogP contribution in [0.2, 0.25) is 0 Å². The summed E-state index contributed by atoms with van der Waals surface area (Å²) in [5.41, 5.74) is 1.95. The zero-order valence-electron chi connectivity index (χ0n) is 19.0. The molecule has 0 aliphatic carbocycles. The third-order valence-electron chi connectivity index (χ3n) is 5.79. The van der Waals surface area contributed by atoms with Gasteiger partial charge in [-0.25, -0.2) is 0 Å². The summed E-state index contributed by atoms with van der Waals surface area (Å²) in [5.74, 6) is 0.900. The number of carbonyl (C=O) groups is 1. The summed E-state index contributed by atoms with van der Waals surface area (Å²) >= 11 is 0. The molecule has 2 unspecified atom stereocenters. The topological polar surface area (TPSA) is 68.8 Å². The van der Waals surface area contributed by atoms with Crippen LogP contribution in [0.25, 0.3) is 0 Å². The number of amides is 1. The number of hydrogen-bond donors (Lipinski definition) is 3. The second-order valence-electron chi connectivity index (χ2n) is 8.09. The van der Waals surface area contributed by atoms with E-state index in [0.29, 0.717) is 12.6 Å². The largest absolute Gasteiger partial charge is 0.356 e. The van der Waals surface area contributed by atoms with E-state index in [1.54, 1.807) is 7.05 Å². The molecular weight excluding hydrogens is 489 g/mol. The summed E-state index contributed by atoms with van der Waals surface area (Å²) in [6.45, 7) is 10.3. The molecular formula is C23H40IN5O. The molecule has 6 nitrogen and oxygen atoms in total. The Bertz CT molecular complexity index is 667. The number of piperidine rings is 1. The van der Waals surface area contributed by atoms with Crippen LogP contribution in [0.15, 0.2) is 29.3 Å². The SMILES string of the molecule is CCC(C)C(=O)Nc1cccc(CNC(=NC)NCCCN2CCCCC2C)c1.I. The number of benzene rings is 1. The smallest absolute Gasteiger partial charge is 0.227 e. The van der Waals surface area contributed by atoms with Crippen LogP contribution in [0.4, 0.5) is 5.69 Å². The minimum Gasteiger partial charge on any atom is -0.356 e. The van der Waals surface area contributed by atoms with E-state index in [0.717, 1.165) is 43.1 Å². The molecule has 1 aliphatic rings. The highest BCUT2D eigenvalue weighted by Crippen LogP contribution is 2.16. The lowest BCUT2D eigenvalue weighted by atomic mass is 10.0. The predicted octanol–water partition coefficient (Wildman–Crippen LogP) is 4.22. The van der Waals surface area contributed by atoms with Gasteiger partial charge < -0.3 is 20.9 Å². The van der Waals surface area contributed by atoms with E-state index in [9.17, 15) is 4.79 Å². The number of carbonyl (C=O) groups excluding carboxylic acids is 1. The van der Waals surface area contributed by atoms with Crippen molar-refractivity contribution in [1.82, 2.24) is 15.5 Å². The molecule has 0 saturated carbocycles. The van der Waals surface area contributed by atoms with E-state index in [1.807, 2.05) is 32.0 Å². The fraction of sp³-hybridized carbons (Fsp3) is 0.652. The Balaban J connectivity index is 0.00000450. The molecule has 7 heteroatoms. The molecule has 0 bridgehead atoms. The first-order valence-electron chi connectivity index (χ1n) is 11.1. The molecule has 2 rings (SSSR count). The normalized spacial score (nSPS) is 18.3. The lowest BCUT2D eigenvalue weighted by Crippen LogP contribution is -2.41. The van der Waals surface area contributed by atoms with Crippen molar-refractivity contribution in [2.75, 3.05) is 32.0 Å². The third-order valence-corrected chi connectivity index (χ3v) is 5.79. The molecule has 1 aromatic rings. The zero-order valence-corrected chi connectivity index (χ0v) is 21.4. The van der Waals surface area contributed by atoms with Gasteiger partial charge in [0, 0.05) is 44.3 Å². The van der Waals surface area contributed by atoms with Crippen molar-refractivity contribution in [2.45, 2.75) is 65.5 Å². The van der Waals surface area contributed by atoms with E-state index < -0.39 is 0 Å². The summed E-state index contributed by atoms with van der Waals surface area (Å²) < 4.78 is 0. The predicted molar refractivity (Wildman–Crippen MR) is 138 cm³/mol. The van der Waals surface area contributed by atoms with Crippen LogP contribution < -0.4 is 16.0 Å². The fourth-order valence-electron chi connectivity index (χ4n) is 3.60. The molecule has 1 fully saturated rings. The van der Waals surface area contributed by atoms with Crippen molar-refractivity contribution in [3.05, 3.63) is 29.8 Å². The highest BCUT2D eigenvalue weighted by molar-refractivity contribution is 14.0. The Kier molecular flexibility index (Phi) is 13.0. The summed E-state index contributed by atoms with van der Waals surface area (Å²) in [7, 11) is 1.80. The highest BCUT2D eigenvalue weighted by Gasteiger charge is 2.17. The monoisotopic (exact) mass is 529 g/mol. The van der Waals surface area contributed by atoms with Crippen LogP contribution in [-0.4, -0.2) is 49.5 Å². The van der Waals surface area contributed by atoms with Crippen molar-refractivity contribution in [3.8, 4) is 0 Å². The van der Waals surface area contributed by atoms with Gasteiger partial charge in [-0.15, -0.1) is 24.0 Å². The molecule has 30 heavy (non-hydrogen) atoms. The molecule has 3 N–H and O–H groups in total. The van der Waals surface area contributed by atoms with Crippen molar-refractivity contribution in [2.24, 2.45) is 10.9 Å². The number of halogens is 1. The fourth-order valence-corrected chi connectivity index (χ4v) is 3.60.